The minimum atomic E-state index is -0.0305. The number of fused-ring (bicyclic) bond motifs is 8. The molecule has 0 aromatic heterocycles. The molecule has 0 saturated heterocycles. The van der Waals surface area contributed by atoms with Gasteiger partial charge in [0.05, 0.1) is 0 Å². The zero-order chi connectivity index (χ0) is 33.5. The van der Waals surface area contributed by atoms with E-state index < -0.39 is 0 Å². The fourth-order valence-corrected chi connectivity index (χ4v) is 10.1. The highest BCUT2D eigenvalue weighted by Crippen LogP contribution is 2.55. The molecule has 9 aromatic carbocycles. The van der Waals surface area contributed by atoms with Crippen molar-refractivity contribution < 1.29 is 0 Å². The van der Waals surface area contributed by atoms with Crippen molar-refractivity contribution in [2.45, 2.75) is 38.5 Å². The van der Waals surface area contributed by atoms with Crippen LogP contribution in [0.5, 0.6) is 0 Å². The second-order valence-electron chi connectivity index (χ2n) is 15.6. The summed E-state index contributed by atoms with van der Waals surface area (Å²) in [6.45, 7) is 9.48. The summed E-state index contributed by atoms with van der Waals surface area (Å²) in [7, 11) is 0. The molecule has 9 aromatic rings. The average Bonchev–Trinajstić information content (AvgIpc) is 3.53. The van der Waals surface area contributed by atoms with Gasteiger partial charge in [-0.2, -0.15) is 0 Å². The molecule has 0 nitrogen and oxygen atoms in total. The molecule has 0 heteroatoms. The van der Waals surface area contributed by atoms with Crippen LogP contribution in [0.25, 0.3) is 87.6 Å². The van der Waals surface area contributed by atoms with Gasteiger partial charge in [0.25, 0.3) is 0 Å². The van der Waals surface area contributed by atoms with Crippen LogP contribution in [0.3, 0.4) is 0 Å². The molecule has 0 unspecified atom stereocenters. The molecule has 0 aliphatic heterocycles. The van der Waals surface area contributed by atoms with Crippen molar-refractivity contribution >= 4 is 43.1 Å². The zero-order valence-electron chi connectivity index (χ0n) is 28.9. The first kappa shape index (κ1) is 28.2. The molecule has 50 heavy (non-hydrogen) atoms. The summed E-state index contributed by atoms with van der Waals surface area (Å²) in [5.74, 6) is 0. The van der Waals surface area contributed by atoms with E-state index in [9.17, 15) is 0 Å². The van der Waals surface area contributed by atoms with Crippen molar-refractivity contribution in [3.8, 4) is 44.5 Å². The molecule has 0 amide bonds. The maximum Gasteiger partial charge on any atom is 0.0159 e. The summed E-state index contributed by atoms with van der Waals surface area (Å²) in [5.41, 5.74) is 16.4. The Balaban J connectivity index is 1.19. The van der Waals surface area contributed by atoms with Crippen molar-refractivity contribution in [1.29, 1.82) is 0 Å². The van der Waals surface area contributed by atoms with Gasteiger partial charge in [0.1, 0.15) is 0 Å². The van der Waals surface area contributed by atoms with Crippen molar-refractivity contribution in [2.24, 2.45) is 0 Å². The Hall–Kier alpha value is -5.72. The Morgan fingerprint density at radius 3 is 1.06 bits per heavy atom. The maximum atomic E-state index is 2.40. The second kappa shape index (κ2) is 9.49. The molecule has 0 fully saturated rings. The third-order valence-corrected chi connectivity index (χ3v) is 12.5. The van der Waals surface area contributed by atoms with Crippen LogP contribution in [-0.4, -0.2) is 0 Å². The standard InChI is InChI=1S/C50H36/c1-49(2)41-21-7-5-13-39(41)47-33(19-11-23-43(47)49)29-25-27-37-36-18-10-16-32-30(26-28-38(46(32)36)35-17-9-15-31(29)45(35)37)34-20-12-24-44-48(34)40-14-6-8-22-42(40)50(44,3)4/h5-28H,1-4H3. The van der Waals surface area contributed by atoms with E-state index in [4.69, 9.17) is 0 Å². The number of hydrogen-bond donors (Lipinski definition) is 0. The summed E-state index contributed by atoms with van der Waals surface area (Å²) >= 11 is 0. The van der Waals surface area contributed by atoms with E-state index in [1.165, 1.54) is 110 Å². The molecule has 0 N–H and O–H groups in total. The summed E-state index contributed by atoms with van der Waals surface area (Å²) < 4.78 is 0. The normalized spacial score (nSPS) is 15.1. The molecular formula is C50H36. The molecule has 0 spiro atoms. The first-order valence-electron chi connectivity index (χ1n) is 18.0. The van der Waals surface area contributed by atoms with Crippen LogP contribution < -0.4 is 0 Å². The number of rotatable bonds is 2. The molecule has 11 rings (SSSR count). The van der Waals surface area contributed by atoms with Gasteiger partial charge in [-0.3, -0.25) is 0 Å². The lowest BCUT2D eigenvalue weighted by Crippen LogP contribution is -2.14. The minimum Gasteiger partial charge on any atom is -0.0619 e. The van der Waals surface area contributed by atoms with Crippen LogP contribution in [0, 0.1) is 0 Å². The lowest BCUT2D eigenvalue weighted by Gasteiger charge is -2.22. The summed E-state index contributed by atoms with van der Waals surface area (Å²) in [6, 6.07) is 55.3. The van der Waals surface area contributed by atoms with E-state index >= 15 is 0 Å². The monoisotopic (exact) mass is 636 g/mol. The van der Waals surface area contributed by atoms with Gasteiger partial charge in [-0.15, -0.1) is 0 Å². The van der Waals surface area contributed by atoms with E-state index in [0.717, 1.165) is 0 Å². The van der Waals surface area contributed by atoms with Crippen LogP contribution in [0.1, 0.15) is 49.9 Å². The van der Waals surface area contributed by atoms with E-state index in [1.54, 1.807) is 0 Å². The molecule has 236 valence electrons. The lowest BCUT2D eigenvalue weighted by atomic mass is 9.81. The van der Waals surface area contributed by atoms with Crippen LogP contribution in [-0.2, 0) is 10.8 Å². The molecule has 2 aliphatic rings. The van der Waals surface area contributed by atoms with Gasteiger partial charge in [0.15, 0.2) is 0 Å². The number of hydrogen-bond acceptors (Lipinski definition) is 0. The van der Waals surface area contributed by atoms with E-state index in [2.05, 4.69) is 173 Å². The minimum absolute atomic E-state index is 0.0305. The highest BCUT2D eigenvalue weighted by molar-refractivity contribution is 6.35. The van der Waals surface area contributed by atoms with Gasteiger partial charge in [0, 0.05) is 10.8 Å². The van der Waals surface area contributed by atoms with Crippen LogP contribution in [0.4, 0.5) is 0 Å². The summed E-state index contributed by atoms with van der Waals surface area (Å²) in [4.78, 5) is 0. The first-order valence-corrected chi connectivity index (χ1v) is 18.0. The smallest absolute Gasteiger partial charge is 0.0159 e. The van der Waals surface area contributed by atoms with Gasteiger partial charge < -0.3 is 0 Å². The summed E-state index contributed by atoms with van der Waals surface area (Å²) in [6.07, 6.45) is 0. The Bertz CT molecular complexity index is 2690. The summed E-state index contributed by atoms with van der Waals surface area (Å²) in [5, 5.41) is 10.7. The fraction of sp³-hybridized carbons (Fsp3) is 0.120. The van der Waals surface area contributed by atoms with Gasteiger partial charge in [-0.05, 0) is 110 Å². The van der Waals surface area contributed by atoms with Crippen molar-refractivity contribution in [3.05, 3.63) is 168 Å². The SMILES string of the molecule is CC1(C)c2ccccc2-c2c(-c3ccc4c5cccc6c(-c7cccc8c7-c7ccccc7C8(C)C)ccc(c7cccc3c74)c65)cccc21. The molecule has 0 atom stereocenters. The van der Waals surface area contributed by atoms with Crippen molar-refractivity contribution in [2.75, 3.05) is 0 Å². The van der Waals surface area contributed by atoms with E-state index in [1.807, 2.05) is 0 Å². The third kappa shape index (κ3) is 3.37. The Labute approximate surface area is 293 Å². The maximum absolute atomic E-state index is 2.40. The van der Waals surface area contributed by atoms with Crippen molar-refractivity contribution in [1.82, 2.24) is 0 Å². The Kier molecular flexibility index (Phi) is 5.34. The van der Waals surface area contributed by atoms with E-state index in [-0.39, 0.29) is 10.8 Å². The predicted molar refractivity (Wildman–Crippen MR) is 214 cm³/mol. The first-order chi connectivity index (χ1) is 24.4. The Morgan fingerprint density at radius 1 is 0.260 bits per heavy atom. The zero-order valence-corrected chi connectivity index (χ0v) is 28.9. The lowest BCUT2D eigenvalue weighted by molar-refractivity contribution is 0.660. The van der Waals surface area contributed by atoms with Gasteiger partial charge in [0.2, 0.25) is 0 Å². The quantitative estimate of drug-likeness (QED) is 0.131. The van der Waals surface area contributed by atoms with Gasteiger partial charge >= 0.3 is 0 Å². The molecular weight excluding hydrogens is 601 g/mol. The molecule has 0 bridgehead atoms. The Morgan fingerprint density at radius 2 is 0.600 bits per heavy atom. The van der Waals surface area contributed by atoms with E-state index in [0.29, 0.717) is 0 Å². The van der Waals surface area contributed by atoms with Gasteiger partial charge in [-0.1, -0.05) is 173 Å². The van der Waals surface area contributed by atoms with Crippen LogP contribution >= 0.6 is 0 Å². The number of benzene rings is 9. The average molecular weight is 637 g/mol. The topological polar surface area (TPSA) is 0 Å². The van der Waals surface area contributed by atoms with Gasteiger partial charge in [-0.25, -0.2) is 0 Å². The molecule has 0 heterocycles. The predicted octanol–water partition coefficient (Wildman–Crippen LogP) is 13.7. The highest BCUT2D eigenvalue weighted by atomic mass is 14.4. The molecule has 0 radical (unpaired) electrons. The van der Waals surface area contributed by atoms with Crippen LogP contribution in [0.2, 0.25) is 0 Å². The highest BCUT2D eigenvalue weighted by Gasteiger charge is 2.38. The third-order valence-electron chi connectivity index (χ3n) is 12.5. The molecule has 2 aliphatic carbocycles. The fourth-order valence-electron chi connectivity index (χ4n) is 10.1. The van der Waals surface area contributed by atoms with Crippen LogP contribution in [0.15, 0.2) is 146 Å². The second-order valence-corrected chi connectivity index (χ2v) is 15.6. The molecule has 0 saturated carbocycles. The van der Waals surface area contributed by atoms with Crippen molar-refractivity contribution in [3.63, 3.8) is 0 Å². The largest absolute Gasteiger partial charge is 0.0619 e.